The first kappa shape index (κ1) is 20.7. The van der Waals surface area contributed by atoms with Crippen LogP contribution < -0.4 is 19.7 Å². The van der Waals surface area contributed by atoms with Crippen molar-refractivity contribution in [3.63, 3.8) is 0 Å². The van der Waals surface area contributed by atoms with E-state index in [1.165, 1.54) is 7.11 Å². The molecule has 154 valence electrons. The Morgan fingerprint density at radius 3 is 2.60 bits per heavy atom. The van der Waals surface area contributed by atoms with Gasteiger partial charge in [0.15, 0.2) is 18.1 Å². The van der Waals surface area contributed by atoms with Crippen molar-refractivity contribution in [2.24, 2.45) is 0 Å². The lowest BCUT2D eigenvalue weighted by Crippen LogP contribution is -2.22. The van der Waals surface area contributed by atoms with Gasteiger partial charge < -0.3 is 19.7 Å². The molecule has 2 aromatic carbocycles. The number of anilines is 2. The van der Waals surface area contributed by atoms with Crippen molar-refractivity contribution >= 4 is 17.4 Å². The van der Waals surface area contributed by atoms with Crippen LogP contribution in [0.2, 0.25) is 0 Å². The van der Waals surface area contributed by atoms with Gasteiger partial charge in [0, 0.05) is 31.9 Å². The molecule has 3 aromatic rings. The zero-order chi connectivity index (χ0) is 21.5. The highest BCUT2D eigenvalue weighted by atomic mass is 16.5. The maximum absolute atomic E-state index is 12.4. The molecule has 1 N–H and O–H groups in total. The second-order valence-electron chi connectivity index (χ2n) is 6.75. The van der Waals surface area contributed by atoms with E-state index in [4.69, 9.17) is 14.7 Å². The van der Waals surface area contributed by atoms with Gasteiger partial charge in [0.25, 0.3) is 5.91 Å². The average molecular weight is 405 g/mol. The van der Waals surface area contributed by atoms with Gasteiger partial charge in [-0.2, -0.15) is 10.4 Å². The number of nitrogens with one attached hydrogen (secondary N) is 1. The fraction of sp³-hybridized carbons (Fsp3) is 0.227. The summed E-state index contributed by atoms with van der Waals surface area (Å²) in [6, 6.07) is 16.7. The molecular formula is C22H23N5O3. The highest BCUT2D eigenvalue weighted by Crippen LogP contribution is 2.27. The molecule has 0 saturated heterocycles. The summed E-state index contributed by atoms with van der Waals surface area (Å²) in [4.78, 5) is 14.4. The maximum Gasteiger partial charge on any atom is 0.263 e. The summed E-state index contributed by atoms with van der Waals surface area (Å²) in [5.74, 6) is 1.03. The highest BCUT2D eigenvalue weighted by Gasteiger charge is 2.11. The molecule has 0 aliphatic rings. The fourth-order valence-electron chi connectivity index (χ4n) is 2.82. The fourth-order valence-corrected chi connectivity index (χ4v) is 2.82. The van der Waals surface area contributed by atoms with Crippen molar-refractivity contribution < 1.29 is 14.3 Å². The van der Waals surface area contributed by atoms with Crippen LogP contribution in [-0.4, -0.2) is 43.5 Å². The van der Waals surface area contributed by atoms with Crippen LogP contribution in [0.25, 0.3) is 0 Å². The number of carbonyl (C=O) groups excluding carboxylic acids is 1. The topological polar surface area (TPSA) is 92.4 Å². The Hall–Kier alpha value is -3.99. The van der Waals surface area contributed by atoms with Gasteiger partial charge in [0.1, 0.15) is 5.82 Å². The molecule has 0 unspecified atom stereocenters. The van der Waals surface area contributed by atoms with Crippen LogP contribution in [0.5, 0.6) is 11.5 Å². The van der Waals surface area contributed by atoms with E-state index in [0.29, 0.717) is 29.4 Å². The lowest BCUT2D eigenvalue weighted by atomic mass is 10.2. The van der Waals surface area contributed by atoms with Crippen LogP contribution in [0.15, 0.2) is 54.7 Å². The lowest BCUT2D eigenvalue weighted by molar-refractivity contribution is -0.118. The number of nitriles is 1. The van der Waals surface area contributed by atoms with Gasteiger partial charge in [0.05, 0.1) is 31.5 Å². The maximum atomic E-state index is 12.4. The molecular weight excluding hydrogens is 382 g/mol. The van der Waals surface area contributed by atoms with Crippen LogP contribution in [0.1, 0.15) is 11.1 Å². The predicted molar refractivity (Wildman–Crippen MR) is 114 cm³/mol. The minimum Gasteiger partial charge on any atom is -0.493 e. The van der Waals surface area contributed by atoms with E-state index < -0.39 is 0 Å². The summed E-state index contributed by atoms with van der Waals surface area (Å²) in [5.41, 5.74) is 2.63. The quantitative estimate of drug-likeness (QED) is 0.620. The van der Waals surface area contributed by atoms with Crippen molar-refractivity contribution in [3.05, 3.63) is 65.9 Å². The Bertz CT molecular complexity index is 1050. The summed E-state index contributed by atoms with van der Waals surface area (Å²) < 4.78 is 12.5. The normalized spacial score (nSPS) is 10.2. The molecule has 1 amide bonds. The Morgan fingerprint density at radius 1 is 1.17 bits per heavy atom. The lowest BCUT2D eigenvalue weighted by Gasteiger charge is -2.14. The molecule has 0 aliphatic heterocycles. The molecule has 1 heterocycles. The van der Waals surface area contributed by atoms with Gasteiger partial charge in [-0.1, -0.05) is 12.1 Å². The molecule has 0 bridgehead atoms. The molecule has 1 aromatic heterocycles. The van der Waals surface area contributed by atoms with E-state index in [-0.39, 0.29) is 12.5 Å². The summed E-state index contributed by atoms with van der Waals surface area (Å²) in [6.45, 7) is 0.325. The standard InChI is InChI=1S/C22H23N5O3/c1-26(2)18-7-4-16(5-8-18)14-27-21(10-11-24-27)25-22(28)15-30-19-9-6-17(13-23)12-20(19)29-3/h4-12H,14-15H2,1-3H3,(H,25,28). The summed E-state index contributed by atoms with van der Waals surface area (Å²) in [7, 11) is 5.46. The SMILES string of the molecule is COc1cc(C#N)ccc1OCC(=O)Nc1ccnn1Cc1ccc(N(C)C)cc1. The van der Waals surface area contributed by atoms with Gasteiger partial charge in [0.2, 0.25) is 0 Å². The number of nitrogens with zero attached hydrogens (tertiary/aromatic N) is 4. The molecule has 8 nitrogen and oxygen atoms in total. The second kappa shape index (κ2) is 9.47. The number of carbonyl (C=O) groups is 1. The molecule has 8 heteroatoms. The minimum atomic E-state index is -0.328. The van der Waals surface area contributed by atoms with E-state index in [2.05, 4.69) is 10.4 Å². The van der Waals surface area contributed by atoms with Crippen molar-refractivity contribution in [1.29, 1.82) is 5.26 Å². The Labute approximate surface area is 175 Å². The smallest absolute Gasteiger partial charge is 0.263 e. The molecule has 0 saturated carbocycles. The van der Waals surface area contributed by atoms with E-state index in [0.717, 1.165) is 11.3 Å². The van der Waals surface area contributed by atoms with Crippen LogP contribution in [0, 0.1) is 11.3 Å². The zero-order valence-electron chi connectivity index (χ0n) is 17.1. The first-order chi connectivity index (χ1) is 14.5. The highest BCUT2D eigenvalue weighted by molar-refractivity contribution is 5.91. The van der Waals surface area contributed by atoms with Crippen molar-refractivity contribution in [2.75, 3.05) is 38.0 Å². The van der Waals surface area contributed by atoms with Crippen LogP contribution >= 0.6 is 0 Å². The van der Waals surface area contributed by atoms with Crippen LogP contribution in [0.3, 0.4) is 0 Å². The third kappa shape index (κ3) is 5.08. The third-order valence-electron chi connectivity index (χ3n) is 4.42. The number of aromatic nitrogens is 2. The van der Waals surface area contributed by atoms with Gasteiger partial charge in [-0.25, -0.2) is 4.68 Å². The Balaban J connectivity index is 1.60. The van der Waals surface area contributed by atoms with Gasteiger partial charge in [-0.05, 0) is 29.8 Å². The zero-order valence-corrected chi connectivity index (χ0v) is 17.1. The van der Waals surface area contributed by atoms with Gasteiger partial charge in [-0.3, -0.25) is 4.79 Å². The summed E-state index contributed by atoms with van der Waals surface area (Å²) in [6.07, 6.45) is 1.63. The molecule has 0 spiro atoms. The monoisotopic (exact) mass is 405 g/mol. The number of amides is 1. The number of ether oxygens (including phenoxy) is 2. The van der Waals surface area contributed by atoms with Crippen molar-refractivity contribution in [3.8, 4) is 17.6 Å². The average Bonchev–Trinajstić information content (AvgIpc) is 3.18. The van der Waals surface area contributed by atoms with Crippen LogP contribution in [-0.2, 0) is 11.3 Å². The molecule has 0 aliphatic carbocycles. The van der Waals surface area contributed by atoms with E-state index in [1.54, 1.807) is 35.1 Å². The molecule has 0 radical (unpaired) electrons. The minimum absolute atomic E-state index is 0.203. The van der Waals surface area contributed by atoms with Crippen molar-refractivity contribution in [1.82, 2.24) is 9.78 Å². The number of hydrogen-bond donors (Lipinski definition) is 1. The van der Waals surface area contributed by atoms with Crippen LogP contribution in [0.4, 0.5) is 11.5 Å². The number of methoxy groups -OCH3 is 1. The molecule has 30 heavy (non-hydrogen) atoms. The Kier molecular flexibility index (Phi) is 6.55. The number of rotatable bonds is 8. The van der Waals surface area contributed by atoms with Gasteiger partial charge in [-0.15, -0.1) is 0 Å². The first-order valence-electron chi connectivity index (χ1n) is 9.29. The molecule has 0 atom stereocenters. The predicted octanol–water partition coefficient (Wildman–Crippen LogP) is 2.90. The summed E-state index contributed by atoms with van der Waals surface area (Å²) in [5, 5.41) is 16.1. The molecule has 0 fully saturated rings. The Morgan fingerprint density at radius 2 is 1.93 bits per heavy atom. The largest absolute Gasteiger partial charge is 0.493 e. The molecule has 3 rings (SSSR count). The van der Waals surface area contributed by atoms with Gasteiger partial charge >= 0.3 is 0 Å². The number of benzene rings is 2. The second-order valence-corrected chi connectivity index (χ2v) is 6.75. The van der Waals surface area contributed by atoms with E-state index >= 15 is 0 Å². The van der Waals surface area contributed by atoms with E-state index in [1.807, 2.05) is 49.3 Å². The third-order valence-corrected chi connectivity index (χ3v) is 4.42. The van der Waals surface area contributed by atoms with E-state index in [9.17, 15) is 4.79 Å². The first-order valence-corrected chi connectivity index (χ1v) is 9.29. The summed E-state index contributed by atoms with van der Waals surface area (Å²) >= 11 is 0. The van der Waals surface area contributed by atoms with Crippen molar-refractivity contribution in [2.45, 2.75) is 6.54 Å². The number of hydrogen-bond acceptors (Lipinski definition) is 6.